The fourth-order valence-corrected chi connectivity index (χ4v) is 2.94. The van der Waals surface area contributed by atoms with Gasteiger partial charge in [-0.1, -0.05) is 12.1 Å². The molecule has 0 spiro atoms. The second-order valence-corrected chi connectivity index (χ2v) is 7.73. The summed E-state index contributed by atoms with van der Waals surface area (Å²) in [5.41, 5.74) is 3.07. The molecule has 0 bridgehead atoms. The zero-order valence-corrected chi connectivity index (χ0v) is 16.1. The van der Waals surface area contributed by atoms with Crippen molar-refractivity contribution in [1.82, 2.24) is 5.32 Å². The molecule has 5 nitrogen and oxygen atoms in total. The van der Waals surface area contributed by atoms with Crippen molar-refractivity contribution in [1.29, 1.82) is 0 Å². The van der Waals surface area contributed by atoms with Crippen LogP contribution in [0.5, 0.6) is 0 Å². The van der Waals surface area contributed by atoms with E-state index in [1.165, 1.54) is 0 Å². The molecule has 1 aromatic carbocycles. The van der Waals surface area contributed by atoms with E-state index in [1.54, 1.807) is 6.07 Å². The van der Waals surface area contributed by atoms with Crippen molar-refractivity contribution < 1.29 is 14.1 Å². The summed E-state index contributed by atoms with van der Waals surface area (Å²) < 4.78 is 5.43. The molecule has 25 heavy (non-hydrogen) atoms. The Morgan fingerprint density at radius 2 is 1.92 bits per heavy atom. The van der Waals surface area contributed by atoms with Crippen LogP contribution in [0.2, 0.25) is 0 Å². The van der Waals surface area contributed by atoms with Crippen LogP contribution in [0, 0.1) is 13.8 Å². The van der Waals surface area contributed by atoms with Crippen LogP contribution in [-0.4, -0.2) is 24.5 Å². The number of carbonyl (C=O) groups is 1. The molecule has 0 aliphatic rings. The molecule has 0 saturated heterocycles. The van der Waals surface area contributed by atoms with Gasteiger partial charge in [-0.2, -0.15) is 0 Å². The number of nitrogens with one attached hydrogen (secondary N) is 2. The molecule has 0 saturated carbocycles. The van der Waals surface area contributed by atoms with E-state index in [2.05, 4.69) is 5.32 Å². The van der Waals surface area contributed by atoms with Crippen molar-refractivity contribution in [2.24, 2.45) is 0 Å². The number of fused-ring (bicyclic) bond motifs is 1. The van der Waals surface area contributed by atoms with Crippen LogP contribution in [0.15, 0.2) is 27.4 Å². The summed E-state index contributed by atoms with van der Waals surface area (Å²) in [6.07, 6.45) is 0. The Morgan fingerprint density at radius 1 is 1.24 bits per heavy atom. The first-order valence-corrected chi connectivity index (χ1v) is 8.78. The molecule has 1 atom stereocenters. The number of hydrogen-bond donors (Lipinski definition) is 2. The minimum atomic E-state index is -0.342. The highest BCUT2D eigenvalue weighted by Gasteiger charge is 2.20. The van der Waals surface area contributed by atoms with Crippen molar-refractivity contribution in [3.8, 4) is 0 Å². The lowest BCUT2D eigenvalue weighted by atomic mass is 10.0. The molecular formula is C20H29N2O3+. The van der Waals surface area contributed by atoms with Crippen LogP contribution in [0.25, 0.3) is 11.0 Å². The number of likely N-dealkylation sites (N-methyl/N-ethyl adjacent to an activating group) is 1. The summed E-state index contributed by atoms with van der Waals surface area (Å²) in [5.74, 6) is 0.0173. The van der Waals surface area contributed by atoms with Gasteiger partial charge in [0.2, 0.25) is 0 Å². The first-order valence-electron chi connectivity index (χ1n) is 8.78. The van der Waals surface area contributed by atoms with E-state index in [0.717, 1.165) is 33.5 Å². The lowest BCUT2D eigenvalue weighted by Gasteiger charge is -2.23. The van der Waals surface area contributed by atoms with Gasteiger partial charge in [0.1, 0.15) is 12.1 Å². The Kier molecular flexibility index (Phi) is 5.68. The molecule has 1 heterocycles. The highest BCUT2D eigenvalue weighted by molar-refractivity contribution is 5.83. The third-order valence-corrected chi connectivity index (χ3v) is 4.38. The highest BCUT2D eigenvalue weighted by atomic mass is 16.4. The molecule has 136 valence electrons. The third kappa shape index (κ3) is 4.92. The molecule has 0 radical (unpaired) electrons. The number of aryl methyl sites for hydroxylation is 2. The fourth-order valence-electron chi connectivity index (χ4n) is 2.94. The molecule has 2 aromatic rings. The highest BCUT2D eigenvalue weighted by Crippen LogP contribution is 2.22. The number of carbonyl (C=O) groups excluding carboxylic acids is 1. The molecule has 0 fully saturated rings. The quantitative estimate of drug-likeness (QED) is 0.811. The first-order chi connectivity index (χ1) is 11.6. The van der Waals surface area contributed by atoms with Gasteiger partial charge in [0.15, 0.2) is 6.54 Å². The predicted octanol–water partition coefficient (Wildman–Crippen LogP) is 1.73. The standard InChI is InChI=1S/C20H28N2O3/c1-7-22(12-17(23)21-20(4,5)6)11-15-10-18(24)25-19-14(3)13(2)8-9-16(15)19/h8-10H,7,11-12H2,1-6H3,(H,21,23)/p+1. The van der Waals surface area contributed by atoms with Gasteiger partial charge in [0.25, 0.3) is 5.91 Å². The van der Waals surface area contributed by atoms with Crippen molar-refractivity contribution in [2.45, 2.75) is 53.6 Å². The van der Waals surface area contributed by atoms with Crippen LogP contribution in [0.3, 0.4) is 0 Å². The molecule has 0 aliphatic heterocycles. The van der Waals surface area contributed by atoms with Gasteiger partial charge in [-0.25, -0.2) is 4.79 Å². The van der Waals surface area contributed by atoms with Crippen LogP contribution in [0.1, 0.15) is 44.4 Å². The zero-order valence-electron chi connectivity index (χ0n) is 16.1. The Hall–Kier alpha value is -2.14. The predicted molar refractivity (Wildman–Crippen MR) is 99.9 cm³/mol. The van der Waals surface area contributed by atoms with E-state index >= 15 is 0 Å². The monoisotopic (exact) mass is 345 g/mol. The van der Waals surface area contributed by atoms with E-state index in [4.69, 9.17) is 4.42 Å². The lowest BCUT2D eigenvalue weighted by molar-refractivity contribution is -0.904. The summed E-state index contributed by atoms with van der Waals surface area (Å²) in [6.45, 7) is 13.7. The maximum atomic E-state index is 12.2. The maximum Gasteiger partial charge on any atom is 0.336 e. The number of benzene rings is 1. The maximum absolute atomic E-state index is 12.2. The van der Waals surface area contributed by atoms with Crippen LogP contribution in [-0.2, 0) is 11.3 Å². The Bertz CT molecular complexity index is 831. The Labute approximate surface area is 149 Å². The van der Waals surface area contributed by atoms with E-state index < -0.39 is 0 Å². The second kappa shape index (κ2) is 7.40. The zero-order chi connectivity index (χ0) is 18.8. The minimum Gasteiger partial charge on any atom is -0.422 e. The Morgan fingerprint density at radius 3 is 2.52 bits per heavy atom. The van der Waals surface area contributed by atoms with Crippen LogP contribution >= 0.6 is 0 Å². The largest absolute Gasteiger partial charge is 0.422 e. The summed E-state index contributed by atoms with van der Waals surface area (Å²) in [6, 6.07) is 5.59. The van der Waals surface area contributed by atoms with Gasteiger partial charge in [0, 0.05) is 22.6 Å². The van der Waals surface area contributed by atoms with Gasteiger partial charge >= 0.3 is 5.63 Å². The molecule has 1 amide bonds. The number of amides is 1. The lowest BCUT2D eigenvalue weighted by Crippen LogP contribution is -3.11. The summed E-state index contributed by atoms with van der Waals surface area (Å²) in [7, 11) is 0. The smallest absolute Gasteiger partial charge is 0.336 e. The molecular weight excluding hydrogens is 316 g/mol. The van der Waals surface area contributed by atoms with Gasteiger partial charge in [-0.15, -0.1) is 0 Å². The van der Waals surface area contributed by atoms with E-state index in [1.807, 2.05) is 53.7 Å². The van der Waals surface area contributed by atoms with Gasteiger partial charge < -0.3 is 14.6 Å². The van der Waals surface area contributed by atoms with Crippen LogP contribution in [0.4, 0.5) is 0 Å². The van der Waals surface area contributed by atoms with Crippen molar-refractivity contribution in [2.75, 3.05) is 13.1 Å². The molecule has 1 aromatic heterocycles. The van der Waals surface area contributed by atoms with E-state index in [-0.39, 0.29) is 17.1 Å². The van der Waals surface area contributed by atoms with Crippen molar-refractivity contribution in [3.63, 3.8) is 0 Å². The van der Waals surface area contributed by atoms with Gasteiger partial charge in [-0.3, -0.25) is 4.79 Å². The molecule has 0 aliphatic carbocycles. The topological polar surface area (TPSA) is 63.8 Å². The number of hydrogen-bond acceptors (Lipinski definition) is 3. The van der Waals surface area contributed by atoms with E-state index in [9.17, 15) is 9.59 Å². The number of rotatable bonds is 5. The summed E-state index contributed by atoms with van der Waals surface area (Å²) in [4.78, 5) is 25.3. The average Bonchev–Trinajstić information content (AvgIpc) is 2.48. The normalized spacial score (nSPS) is 13.0. The van der Waals surface area contributed by atoms with Gasteiger partial charge in [-0.05, 0) is 52.7 Å². The van der Waals surface area contributed by atoms with Crippen molar-refractivity contribution in [3.05, 3.63) is 45.3 Å². The number of quaternary nitrogens is 1. The fraction of sp³-hybridized carbons (Fsp3) is 0.500. The van der Waals surface area contributed by atoms with Crippen LogP contribution < -0.4 is 15.8 Å². The SMILES string of the molecule is CC[NH+](CC(=O)NC(C)(C)C)Cc1cc(=O)oc2c(C)c(C)ccc12. The summed E-state index contributed by atoms with van der Waals surface area (Å²) >= 11 is 0. The second-order valence-electron chi connectivity index (χ2n) is 7.73. The minimum absolute atomic E-state index is 0.0173. The molecule has 2 rings (SSSR count). The third-order valence-electron chi connectivity index (χ3n) is 4.38. The van der Waals surface area contributed by atoms with Gasteiger partial charge in [0.05, 0.1) is 6.54 Å². The van der Waals surface area contributed by atoms with E-state index in [0.29, 0.717) is 18.7 Å². The first kappa shape index (κ1) is 19.2. The summed E-state index contributed by atoms with van der Waals surface area (Å²) in [5, 5.41) is 3.94. The molecule has 1 unspecified atom stereocenters. The molecule has 5 heteroatoms. The Balaban J connectivity index is 2.30. The van der Waals surface area contributed by atoms with Crippen molar-refractivity contribution >= 4 is 16.9 Å². The molecule has 2 N–H and O–H groups in total. The average molecular weight is 345 g/mol.